The molecule has 0 aromatic heterocycles. The van der Waals surface area contributed by atoms with Crippen LogP contribution in [-0.2, 0) is 0 Å². The zero-order valence-electron chi connectivity index (χ0n) is 21.2. The second kappa shape index (κ2) is 8.60. The van der Waals surface area contributed by atoms with Gasteiger partial charge in [-0.2, -0.15) is 5.10 Å². The Morgan fingerprint density at radius 2 is 1.41 bits per heavy atom. The minimum Gasteiger partial charge on any atom is -0.497 e. The molecule has 1 fully saturated rings. The molecule has 3 aliphatic rings. The number of hydrogen-bond donors (Lipinski definition) is 0. The van der Waals surface area contributed by atoms with Gasteiger partial charge in [-0.05, 0) is 41.0 Å². The number of fused-ring (bicyclic) bond motifs is 5. The third-order valence-electron chi connectivity index (χ3n) is 8.38. The van der Waals surface area contributed by atoms with Crippen LogP contribution in [0.15, 0.2) is 108 Å². The van der Waals surface area contributed by atoms with Crippen LogP contribution in [0.25, 0.3) is 0 Å². The molecule has 2 heterocycles. The van der Waals surface area contributed by atoms with Crippen LogP contribution in [0.1, 0.15) is 59.7 Å². The van der Waals surface area contributed by atoms with Crippen LogP contribution < -0.4 is 4.74 Å². The van der Waals surface area contributed by atoms with Crippen molar-refractivity contribution in [1.29, 1.82) is 0 Å². The number of hydrogen-bond acceptors (Lipinski definition) is 6. The van der Waals surface area contributed by atoms with E-state index >= 15 is 0 Å². The highest BCUT2D eigenvalue weighted by Crippen LogP contribution is 2.64. The van der Waals surface area contributed by atoms with Crippen molar-refractivity contribution >= 4 is 23.6 Å². The molecule has 0 N–H and O–H groups in total. The first-order valence-electron chi connectivity index (χ1n) is 12.9. The van der Waals surface area contributed by atoms with Gasteiger partial charge in [-0.25, -0.2) is 0 Å². The zero-order valence-corrected chi connectivity index (χ0v) is 21.2. The maximum atomic E-state index is 14.6. The fourth-order valence-corrected chi connectivity index (χ4v) is 6.74. The number of hydrazone groups is 1. The average Bonchev–Trinajstić information content (AvgIpc) is 3.43. The molecule has 3 atom stereocenters. The van der Waals surface area contributed by atoms with Gasteiger partial charge in [0.05, 0.1) is 19.4 Å². The Labute approximate surface area is 225 Å². The van der Waals surface area contributed by atoms with Crippen LogP contribution >= 0.6 is 0 Å². The molecule has 1 spiro atoms. The van der Waals surface area contributed by atoms with Crippen molar-refractivity contribution in [2.45, 2.75) is 18.0 Å². The van der Waals surface area contributed by atoms with Gasteiger partial charge in [0.2, 0.25) is 0 Å². The highest BCUT2D eigenvalue weighted by Gasteiger charge is 2.72. The van der Waals surface area contributed by atoms with Crippen LogP contribution in [-0.4, -0.2) is 41.7 Å². The standard InChI is InChI=1S/C33H24N2O4/c1-39-23-17-15-21(16-18-23)29(36)28-27(20-9-3-2-4-10-20)33(31(37)25-13-7-8-14-26(25)32(33)38)30-24-12-6-5-11-22(24)19-34-35(28)30/h2-19,27-28,30H,1H3. The molecule has 39 heavy (non-hydrogen) atoms. The SMILES string of the molecule is COc1ccc(C(=O)C2C(c3ccccc3)C3(C(=O)c4ccccc4C3=O)C3c4ccccc4C=NN23)cc1. The molecule has 4 aromatic carbocycles. The third-order valence-corrected chi connectivity index (χ3v) is 8.38. The number of carbonyl (C=O) groups excluding carboxylic acids is 3. The summed E-state index contributed by atoms with van der Waals surface area (Å²) in [6, 6.07) is 29.4. The number of nitrogens with zero attached hydrogens (tertiary/aromatic N) is 2. The number of ketones is 3. The first-order chi connectivity index (χ1) is 19.1. The van der Waals surface area contributed by atoms with Crippen molar-refractivity contribution in [2.24, 2.45) is 10.5 Å². The average molecular weight is 513 g/mol. The molecule has 1 aliphatic carbocycles. The normalized spacial score (nSPS) is 22.0. The molecule has 3 unspecified atom stereocenters. The number of ether oxygens (including phenoxy) is 1. The van der Waals surface area contributed by atoms with Crippen molar-refractivity contribution in [3.8, 4) is 5.75 Å². The van der Waals surface area contributed by atoms with Gasteiger partial charge in [0.15, 0.2) is 17.3 Å². The molecule has 0 saturated carbocycles. The highest BCUT2D eigenvalue weighted by molar-refractivity contribution is 6.31. The number of benzene rings is 4. The molecular formula is C33H24N2O4. The molecule has 6 nitrogen and oxygen atoms in total. The lowest BCUT2D eigenvalue weighted by atomic mass is 9.63. The summed E-state index contributed by atoms with van der Waals surface area (Å²) in [6.07, 6.45) is 1.72. The molecule has 1 saturated heterocycles. The van der Waals surface area contributed by atoms with Gasteiger partial charge in [-0.1, -0.05) is 78.9 Å². The number of methoxy groups -OCH3 is 1. The minimum absolute atomic E-state index is 0.207. The second-order valence-electron chi connectivity index (χ2n) is 10.2. The van der Waals surface area contributed by atoms with E-state index in [0.717, 1.165) is 16.7 Å². The lowest BCUT2D eigenvalue weighted by Crippen LogP contribution is -2.43. The number of Topliss-reactive ketones (excluding diaryl/α,β-unsaturated/α-hetero) is 3. The first-order valence-corrected chi connectivity index (χ1v) is 12.9. The van der Waals surface area contributed by atoms with Gasteiger partial charge < -0.3 is 4.74 Å². The fourth-order valence-electron chi connectivity index (χ4n) is 6.74. The Morgan fingerprint density at radius 1 is 0.795 bits per heavy atom. The lowest BCUT2D eigenvalue weighted by molar-refractivity contribution is 0.0586. The van der Waals surface area contributed by atoms with Gasteiger partial charge in [0.25, 0.3) is 0 Å². The van der Waals surface area contributed by atoms with E-state index < -0.39 is 23.4 Å². The summed E-state index contributed by atoms with van der Waals surface area (Å²) < 4.78 is 5.30. The van der Waals surface area contributed by atoms with E-state index in [9.17, 15) is 14.4 Å². The Morgan fingerprint density at radius 3 is 2.08 bits per heavy atom. The van der Waals surface area contributed by atoms with Crippen LogP contribution in [0.2, 0.25) is 0 Å². The van der Waals surface area contributed by atoms with Crippen LogP contribution in [0, 0.1) is 5.41 Å². The van der Waals surface area contributed by atoms with E-state index in [1.54, 1.807) is 66.9 Å². The molecule has 4 aromatic rings. The summed E-state index contributed by atoms with van der Waals surface area (Å²) in [7, 11) is 1.57. The fraction of sp³-hybridized carbons (Fsp3) is 0.152. The van der Waals surface area contributed by atoms with E-state index in [0.29, 0.717) is 22.4 Å². The molecule has 0 radical (unpaired) electrons. The van der Waals surface area contributed by atoms with Gasteiger partial charge in [-0.15, -0.1) is 0 Å². The summed E-state index contributed by atoms with van der Waals surface area (Å²) in [5.74, 6) is -0.864. The van der Waals surface area contributed by atoms with Gasteiger partial charge in [0, 0.05) is 22.6 Å². The molecule has 2 aliphatic heterocycles. The van der Waals surface area contributed by atoms with E-state index in [-0.39, 0.29) is 17.3 Å². The van der Waals surface area contributed by atoms with Gasteiger partial charge in [-0.3, -0.25) is 19.4 Å². The number of rotatable bonds is 4. The van der Waals surface area contributed by atoms with Crippen LogP contribution in [0.3, 0.4) is 0 Å². The quantitative estimate of drug-likeness (QED) is 0.267. The first kappa shape index (κ1) is 23.3. The van der Waals surface area contributed by atoms with Crippen molar-refractivity contribution in [1.82, 2.24) is 5.01 Å². The van der Waals surface area contributed by atoms with Crippen LogP contribution in [0.4, 0.5) is 0 Å². The summed E-state index contributed by atoms with van der Waals surface area (Å²) in [4.78, 5) is 43.7. The smallest absolute Gasteiger partial charge is 0.187 e. The summed E-state index contributed by atoms with van der Waals surface area (Å²) in [5, 5.41) is 6.50. The van der Waals surface area contributed by atoms with E-state index in [1.807, 2.05) is 54.6 Å². The topological polar surface area (TPSA) is 76.0 Å². The Kier molecular flexibility index (Phi) is 5.13. The van der Waals surface area contributed by atoms with Crippen molar-refractivity contribution in [3.05, 3.63) is 137 Å². The predicted molar refractivity (Wildman–Crippen MR) is 146 cm³/mol. The van der Waals surface area contributed by atoms with Gasteiger partial charge in [0.1, 0.15) is 17.2 Å². The van der Waals surface area contributed by atoms with Crippen molar-refractivity contribution < 1.29 is 19.1 Å². The molecule has 190 valence electrons. The monoisotopic (exact) mass is 512 g/mol. The van der Waals surface area contributed by atoms with E-state index in [1.165, 1.54) is 0 Å². The zero-order chi connectivity index (χ0) is 26.7. The molecule has 7 rings (SSSR count). The lowest BCUT2D eigenvalue weighted by Gasteiger charge is -2.36. The maximum Gasteiger partial charge on any atom is 0.187 e. The summed E-state index contributed by atoms with van der Waals surface area (Å²) in [5.41, 5.74) is 2.09. The Hall–Kier alpha value is -4.84. The highest BCUT2D eigenvalue weighted by atomic mass is 16.5. The number of carbonyl (C=O) groups is 3. The predicted octanol–water partition coefficient (Wildman–Crippen LogP) is 5.50. The van der Waals surface area contributed by atoms with E-state index in [4.69, 9.17) is 9.84 Å². The summed E-state index contributed by atoms with van der Waals surface area (Å²) in [6.45, 7) is 0. The molecule has 0 amide bonds. The largest absolute Gasteiger partial charge is 0.497 e. The maximum absolute atomic E-state index is 14.6. The molecule has 6 heteroatoms. The second-order valence-corrected chi connectivity index (χ2v) is 10.2. The Bertz CT molecular complexity index is 1640. The van der Waals surface area contributed by atoms with Crippen molar-refractivity contribution in [2.75, 3.05) is 7.11 Å². The Balaban J connectivity index is 1.52. The van der Waals surface area contributed by atoms with E-state index in [2.05, 4.69) is 0 Å². The minimum atomic E-state index is -1.56. The third kappa shape index (κ3) is 3.08. The summed E-state index contributed by atoms with van der Waals surface area (Å²) >= 11 is 0. The van der Waals surface area contributed by atoms with Crippen LogP contribution in [0.5, 0.6) is 5.75 Å². The molecular weight excluding hydrogens is 488 g/mol. The van der Waals surface area contributed by atoms with Gasteiger partial charge >= 0.3 is 0 Å². The van der Waals surface area contributed by atoms with Crippen molar-refractivity contribution in [3.63, 3.8) is 0 Å². The molecule has 0 bridgehead atoms.